The summed E-state index contributed by atoms with van der Waals surface area (Å²) < 4.78 is 34.5. The molecule has 0 bridgehead atoms. The van der Waals surface area contributed by atoms with Crippen LogP contribution in [0.4, 0.5) is 5.13 Å². The molecule has 12 heteroatoms. The minimum Gasteiger partial charge on any atom is -0.469 e. The number of sulfonamides is 1. The van der Waals surface area contributed by atoms with Crippen LogP contribution in [0.5, 0.6) is 0 Å². The minimum atomic E-state index is -3.98. The second kappa shape index (κ2) is 10.6. The van der Waals surface area contributed by atoms with Gasteiger partial charge in [-0.25, -0.2) is 23.3 Å². The molecule has 1 aliphatic heterocycles. The molecule has 0 saturated carbocycles. The zero-order valence-electron chi connectivity index (χ0n) is 21.2. The number of rotatable bonds is 7. The van der Waals surface area contributed by atoms with E-state index < -0.39 is 39.5 Å². The number of nitrogens with two attached hydrogens (primary N) is 1. The minimum absolute atomic E-state index is 0.0445. The van der Waals surface area contributed by atoms with Crippen LogP contribution in [0.3, 0.4) is 0 Å². The highest BCUT2D eigenvalue weighted by atomic mass is 32.2. The largest absolute Gasteiger partial charge is 0.469 e. The molecule has 0 radical (unpaired) electrons. The number of methoxy groups -OCH3 is 2. The van der Waals surface area contributed by atoms with Crippen LogP contribution in [-0.4, -0.2) is 45.2 Å². The summed E-state index contributed by atoms with van der Waals surface area (Å²) in [5, 5.41) is 14.1. The van der Waals surface area contributed by atoms with Gasteiger partial charge in [-0.1, -0.05) is 48.5 Å². The number of nitrogens with one attached hydrogen (secondary N) is 2. The van der Waals surface area contributed by atoms with Crippen molar-refractivity contribution in [2.75, 3.05) is 19.5 Å². The first kappa shape index (κ1) is 27.3. The number of aromatic nitrogens is 1. The predicted molar refractivity (Wildman–Crippen MR) is 143 cm³/mol. The lowest BCUT2D eigenvalue weighted by atomic mass is 9.71. The molecule has 0 spiro atoms. The van der Waals surface area contributed by atoms with Crippen molar-refractivity contribution >= 4 is 38.4 Å². The standard InChI is InChI=1S/C26H28N4O6S2/c1-15-20(23(31)35-3)21(16-10-6-5-7-11-16)22(24(32)36-4)26(2,29-15)30-25-28-18(14-37-25)17-12-8-9-13-19(17)38(27,33)34/h5-14,21-22,29H,1-4H3,(H,28,30)(H2,27,33,34). The van der Waals surface area contributed by atoms with E-state index in [0.717, 1.165) is 5.56 Å². The molecule has 3 aromatic rings. The maximum atomic E-state index is 13.3. The summed E-state index contributed by atoms with van der Waals surface area (Å²) in [6.45, 7) is 3.52. The smallest absolute Gasteiger partial charge is 0.336 e. The number of allylic oxidation sites excluding steroid dienone is 1. The van der Waals surface area contributed by atoms with Crippen molar-refractivity contribution in [3.63, 3.8) is 0 Å². The number of carbonyl (C=O) groups is 2. The fourth-order valence-corrected chi connectivity index (χ4v) is 6.46. The summed E-state index contributed by atoms with van der Waals surface area (Å²) in [6, 6.07) is 15.5. The van der Waals surface area contributed by atoms with Crippen LogP contribution in [0, 0.1) is 5.92 Å². The Labute approximate surface area is 224 Å². The maximum absolute atomic E-state index is 13.3. The van der Waals surface area contributed by atoms with E-state index in [1.807, 2.05) is 30.3 Å². The summed E-state index contributed by atoms with van der Waals surface area (Å²) >= 11 is 1.23. The molecule has 38 heavy (non-hydrogen) atoms. The molecule has 10 nitrogen and oxygen atoms in total. The van der Waals surface area contributed by atoms with Gasteiger partial charge < -0.3 is 20.1 Å². The molecule has 0 saturated heterocycles. The van der Waals surface area contributed by atoms with E-state index in [4.69, 9.17) is 14.6 Å². The molecule has 1 aliphatic rings. The Hall–Kier alpha value is -3.74. The summed E-state index contributed by atoms with van der Waals surface area (Å²) in [4.78, 5) is 30.8. The number of hydrogen-bond acceptors (Lipinski definition) is 10. The third-order valence-electron chi connectivity index (χ3n) is 6.48. The number of carbonyl (C=O) groups excluding carboxylic acids is 2. The summed E-state index contributed by atoms with van der Waals surface area (Å²) in [5.74, 6) is -2.73. The van der Waals surface area contributed by atoms with E-state index in [9.17, 15) is 18.0 Å². The lowest BCUT2D eigenvalue weighted by Gasteiger charge is -2.46. The molecule has 3 atom stereocenters. The Bertz CT molecular complexity index is 1500. The van der Waals surface area contributed by atoms with Crippen LogP contribution in [-0.2, 0) is 29.1 Å². The van der Waals surface area contributed by atoms with E-state index in [2.05, 4.69) is 15.6 Å². The molecule has 1 aromatic heterocycles. The number of primary sulfonamides is 1. The molecule has 2 aromatic carbocycles. The van der Waals surface area contributed by atoms with Crippen LogP contribution < -0.4 is 15.8 Å². The SMILES string of the molecule is COC(=O)C1=C(C)NC(C)(Nc2nc(-c3ccccc3S(N)(=O)=O)cs2)C(C(=O)OC)C1c1ccccc1. The van der Waals surface area contributed by atoms with Crippen LogP contribution >= 0.6 is 11.3 Å². The van der Waals surface area contributed by atoms with E-state index in [1.54, 1.807) is 37.4 Å². The van der Waals surface area contributed by atoms with E-state index in [1.165, 1.54) is 31.6 Å². The average Bonchev–Trinajstić information content (AvgIpc) is 3.35. The Morgan fingerprint density at radius 3 is 2.37 bits per heavy atom. The van der Waals surface area contributed by atoms with Gasteiger partial charge in [0.1, 0.15) is 11.6 Å². The van der Waals surface area contributed by atoms with Crippen molar-refractivity contribution in [3.05, 3.63) is 76.8 Å². The third-order valence-corrected chi connectivity index (χ3v) is 8.20. The lowest BCUT2D eigenvalue weighted by molar-refractivity contribution is -0.149. The van der Waals surface area contributed by atoms with E-state index in [0.29, 0.717) is 27.7 Å². The quantitative estimate of drug-likeness (QED) is 0.373. The monoisotopic (exact) mass is 556 g/mol. The van der Waals surface area contributed by atoms with Crippen molar-refractivity contribution < 1.29 is 27.5 Å². The molecule has 200 valence electrons. The van der Waals surface area contributed by atoms with Gasteiger partial charge in [0.25, 0.3) is 0 Å². The maximum Gasteiger partial charge on any atom is 0.336 e. The van der Waals surface area contributed by atoms with Gasteiger partial charge >= 0.3 is 11.9 Å². The summed E-state index contributed by atoms with van der Waals surface area (Å²) in [6.07, 6.45) is 0. The Morgan fingerprint density at radius 2 is 1.74 bits per heavy atom. The Balaban J connectivity index is 1.81. The van der Waals surface area contributed by atoms with E-state index >= 15 is 0 Å². The van der Waals surface area contributed by atoms with E-state index in [-0.39, 0.29) is 4.90 Å². The van der Waals surface area contributed by atoms with Crippen molar-refractivity contribution in [2.45, 2.75) is 30.3 Å². The topological polar surface area (TPSA) is 150 Å². The highest BCUT2D eigenvalue weighted by Crippen LogP contribution is 2.45. The van der Waals surface area contributed by atoms with Gasteiger partial charge in [-0.05, 0) is 25.5 Å². The zero-order chi connectivity index (χ0) is 27.7. The fourth-order valence-electron chi connectivity index (χ4n) is 4.89. The van der Waals surface area contributed by atoms with Gasteiger partial charge in [0.05, 0.1) is 30.4 Å². The number of esters is 2. The number of ether oxygens (including phenoxy) is 2. The molecular formula is C26H28N4O6S2. The second-order valence-corrected chi connectivity index (χ2v) is 11.3. The van der Waals surface area contributed by atoms with Crippen LogP contribution in [0.2, 0.25) is 0 Å². The van der Waals surface area contributed by atoms with Crippen molar-refractivity contribution in [3.8, 4) is 11.3 Å². The highest BCUT2D eigenvalue weighted by molar-refractivity contribution is 7.89. The van der Waals surface area contributed by atoms with Crippen LogP contribution in [0.1, 0.15) is 25.3 Å². The van der Waals surface area contributed by atoms with Crippen LogP contribution in [0.25, 0.3) is 11.3 Å². The molecule has 4 N–H and O–H groups in total. The summed E-state index contributed by atoms with van der Waals surface area (Å²) in [7, 11) is -1.39. The van der Waals surface area contributed by atoms with Gasteiger partial charge in [-0.3, -0.25) is 4.79 Å². The van der Waals surface area contributed by atoms with Crippen molar-refractivity contribution in [2.24, 2.45) is 11.1 Å². The predicted octanol–water partition coefficient (Wildman–Crippen LogP) is 3.21. The number of hydrogen-bond donors (Lipinski definition) is 3. The van der Waals surface area contributed by atoms with Gasteiger partial charge in [-0.2, -0.15) is 0 Å². The highest BCUT2D eigenvalue weighted by Gasteiger charge is 2.52. The van der Waals surface area contributed by atoms with Gasteiger partial charge in [-0.15, -0.1) is 11.3 Å². The normalized spacial score (nSPS) is 21.4. The molecule has 4 rings (SSSR count). The Morgan fingerprint density at radius 1 is 1.08 bits per heavy atom. The number of anilines is 1. The fraction of sp³-hybridized carbons (Fsp3) is 0.269. The van der Waals surface area contributed by atoms with Gasteiger partial charge in [0.15, 0.2) is 5.13 Å². The molecular weight excluding hydrogens is 528 g/mol. The third kappa shape index (κ3) is 5.15. The molecule has 0 aliphatic carbocycles. The molecule has 0 fully saturated rings. The average molecular weight is 557 g/mol. The number of benzene rings is 2. The van der Waals surface area contributed by atoms with Crippen molar-refractivity contribution in [1.82, 2.24) is 10.3 Å². The number of thiazole rings is 1. The first-order valence-corrected chi connectivity index (χ1v) is 14.0. The zero-order valence-corrected chi connectivity index (χ0v) is 22.9. The molecule has 2 heterocycles. The lowest BCUT2D eigenvalue weighted by Crippen LogP contribution is -2.62. The summed E-state index contributed by atoms with van der Waals surface area (Å²) in [5.41, 5.74) is 1.17. The van der Waals surface area contributed by atoms with Gasteiger partial charge in [0, 0.05) is 22.6 Å². The first-order valence-electron chi connectivity index (χ1n) is 11.6. The first-order chi connectivity index (χ1) is 18.0. The number of nitrogens with zero attached hydrogens (tertiary/aromatic N) is 1. The van der Waals surface area contributed by atoms with Crippen molar-refractivity contribution in [1.29, 1.82) is 0 Å². The molecule has 3 unspecified atom stereocenters. The van der Waals surface area contributed by atoms with Gasteiger partial charge in [0.2, 0.25) is 10.0 Å². The Kier molecular flexibility index (Phi) is 7.58. The van der Waals surface area contributed by atoms with Crippen LogP contribution in [0.15, 0.2) is 76.1 Å². The second-order valence-electron chi connectivity index (χ2n) is 8.95. The molecule has 0 amide bonds.